The van der Waals surface area contributed by atoms with Crippen LogP contribution in [0.3, 0.4) is 0 Å². The first-order valence-electron chi connectivity index (χ1n) is 15.1. The lowest BCUT2D eigenvalue weighted by atomic mass is 9.96. The number of nitrogens with zero attached hydrogens (tertiary/aromatic N) is 1. The van der Waals surface area contributed by atoms with E-state index in [1.807, 2.05) is 18.2 Å². The summed E-state index contributed by atoms with van der Waals surface area (Å²) < 4.78 is 19.4. The quantitative estimate of drug-likeness (QED) is 0.106. The van der Waals surface area contributed by atoms with Gasteiger partial charge in [-0.15, -0.1) is 11.3 Å². The van der Waals surface area contributed by atoms with E-state index in [0.29, 0.717) is 31.8 Å². The minimum absolute atomic E-state index is 0.491. The van der Waals surface area contributed by atoms with Crippen molar-refractivity contribution in [2.75, 3.05) is 13.2 Å². The molecule has 1 aromatic heterocycles. The summed E-state index contributed by atoms with van der Waals surface area (Å²) in [6.07, 6.45) is 4.78. The molecule has 5 rings (SSSR count). The summed E-state index contributed by atoms with van der Waals surface area (Å²) in [5, 5.41) is 11.6. The lowest BCUT2D eigenvalue weighted by molar-refractivity contribution is -0.145. The van der Waals surface area contributed by atoms with Gasteiger partial charge in [-0.05, 0) is 66.6 Å². The first-order chi connectivity index (χ1) is 21.1. The molecule has 4 aromatic rings. The molecule has 0 saturated carbocycles. The van der Waals surface area contributed by atoms with Crippen molar-refractivity contribution in [1.29, 1.82) is 0 Å². The number of carboxylic acids is 1. The van der Waals surface area contributed by atoms with Crippen LogP contribution in [-0.2, 0) is 29.8 Å². The third kappa shape index (κ3) is 8.12. The van der Waals surface area contributed by atoms with E-state index in [4.69, 9.17) is 19.2 Å². The number of thiazole rings is 1. The number of ether oxygens (including phenoxy) is 3. The molecule has 0 saturated heterocycles. The molecule has 43 heavy (non-hydrogen) atoms. The van der Waals surface area contributed by atoms with Crippen LogP contribution in [0.4, 0.5) is 0 Å². The highest BCUT2D eigenvalue weighted by Crippen LogP contribution is 2.38. The molecule has 0 aliphatic carbocycles. The SMILES string of the molecule is CCCc1cc(-c2csc(SCc3ccccc3)n2)ccc1OCCCOc1ccc2c(c1CCC)OC(C(=O)O)CC2. The maximum Gasteiger partial charge on any atom is 0.344 e. The number of hydrogen-bond acceptors (Lipinski definition) is 7. The first-order valence-corrected chi connectivity index (χ1v) is 17.0. The van der Waals surface area contributed by atoms with Gasteiger partial charge < -0.3 is 19.3 Å². The Kier molecular flexibility index (Phi) is 11.0. The van der Waals surface area contributed by atoms with E-state index in [9.17, 15) is 9.90 Å². The van der Waals surface area contributed by atoms with Crippen LogP contribution in [0.15, 0.2) is 70.4 Å². The second kappa shape index (κ2) is 15.3. The Morgan fingerprint density at radius 1 is 1.02 bits per heavy atom. The van der Waals surface area contributed by atoms with Gasteiger partial charge in [0.05, 0.1) is 18.9 Å². The van der Waals surface area contributed by atoms with Gasteiger partial charge in [0.2, 0.25) is 0 Å². The van der Waals surface area contributed by atoms with E-state index in [2.05, 4.69) is 61.7 Å². The van der Waals surface area contributed by atoms with E-state index in [1.165, 1.54) is 11.1 Å². The summed E-state index contributed by atoms with van der Waals surface area (Å²) in [6, 6.07) is 20.9. The Morgan fingerprint density at radius 2 is 1.79 bits per heavy atom. The number of rotatable bonds is 15. The van der Waals surface area contributed by atoms with Crippen LogP contribution in [0, 0.1) is 0 Å². The molecular weight excluding hydrogens is 579 g/mol. The normalized spacial score (nSPS) is 14.1. The van der Waals surface area contributed by atoms with Crippen molar-refractivity contribution in [2.24, 2.45) is 0 Å². The fourth-order valence-electron chi connectivity index (χ4n) is 5.23. The van der Waals surface area contributed by atoms with E-state index < -0.39 is 12.1 Å². The Labute approximate surface area is 262 Å². The van der Waals surface area contributed by atoms with Gasteiger partial charge in [-0.2, -0.15) is 0 Å². The number of aliphatic carboxylic acids is 1. The van der Waals surface area contributed by atoms with Gasteiger partial charge in [0, 0.05) is 28.7 Å². The average molecular weight is 618 g/mol. The predicted molar refractivity (Wildman–Crippen MR) is 174 cm³/mol. The molecule has 1 N–H and O–H groups in total. The lowest BCUT2D eigenvalue weighted by Gasteiger charge is -2.26. The maximum absolute atomic E-state index is 11.5. The molecule has 0 fully saturated rings. The van der Waals surface area contributed by atoms with Crippen molar-refractivity contribution in [1.82, 2.24) is 4.98 Å². The molecule has 3 aromatic carbocycles. The second-order valence-corrected chi connectivity index (χ2v) is 12.7. The summed E-state index contributed by atoms with van der Waals surface area (Å²) >= 11 is 3.46. The molecule has 1 aliphatic heterocycles. The Balaban J connectivity index is 1.16. The van der Waals surface area contributed by atoms with Crippen LogP contribution in [0.1, 0.15) is 61.8 Å². The number of thioether (sulfide) groups is 1. The second-order valence-electron chi connectivity index (χ2n) is 10.7. The van der Waals surface area contributed by atoms with E-state index in [1.54, 1.807) is 23.1 Å². The molecule has 226 valence electrons. The van der Waals surface area contributed by atoms with Gasteiger partial charge in [-0.25, -0.2) is 9.78 Å². The number of carbonyl (C=O) groups is 1. The molecule has 8 heteroatoms. The van der Waals surface area contributed by atoms with E-state index >= 15 is 0 Å². The molecule has 0 radical (unpaired) electrons. The molecule has 1 unspecified atom stereocenters. The first kappa shape index (κ1) is 31.0. The summed E-state index contributed by atoms with van der Waals surface area (Å²) in [5.41, 5.74) is 6.64. The Morgan fingerprint density at radius 3 is 2.56 bits per heavy atom. The zero-order chi connectivity index (χ0) is 30.0. The van der Waals surface area contributed by atoms with Crippen molar-refractivity contribution in [3.63, 3.8) is 0 Å². The molecule has 6 nitrogen and oxygen atoms in total. The summed E-state index contributed by atoms with van der Waals surface area (Å²) in [7, 11) is 0. The Hall–Kier alpha value is -3.49. The van der Waals surface area contributed by atoms with Crippen molar-refractivity contribution < 1.29 is 24.1 Å². The van der Waals surface area contributed by atoms with Crippen LogP contribution in [0.2, 0.25) is 0 Å². The van der Waals surface area contributed by atoms with Crippen LogP contribution in [-0.4, -0.2) is 35.4 Å². The number of benzene rings is 3. The summed E-state index contributed by atoms with van der Waals surface area (Å²) in [5.74, 6) is 2.37. The van der Waals surface area contributed by atoms with Crippen LogP contribution < -0.4 is 14.2 Å². The third-order valence-electron chi connectivity index (χ3n) is 7.38. The summed E-state index contributed by atoms with van der Waals surface area (Å²) in [6.45, 7) is 5.33. The van der Waals surface area contributed by atoms with Crippen LogP contribution in [0.5, 0.6) is 17.2 Å². The van der Waals surface area contributed by atoms with Gasteiger partial charge in [0.25, 0.3) is 0 Å². The number of hydrogen-bond donors (Lipinski definition) is 1. The topological polar surface area (TPSA) is 77.9 Å². The van der Waals surface area contributed by atoms with Gasteiger partial charge in [-0.3, -0.25) is 0 Å². The molecular formula is C35H39NO5S2. The van der Waals surface area contributed by atoms with Crippen LogP contribution >= 0.6 is 23.1 Å². The maximum atomic E-state index is 11.5. The van der Waals surface area contributed by atoms with Crippen molar-refractivity contribution in [3.05, 3.63) is 88.3 Å². The largest absolute Gasteiger partial charge is 0.493 e. The minimum Gasteiger partial charge on any atom is -0.493 e. The Bertz CT molecular complexity index is 1500. The minimum atomic E-state index is -0.916. The lowest BCUT2D eigenvalue weighted by Crippen LogP contribution is -2.31. The standard InChI is InChI=1S/C35H39NO5S2/c1-3-9-27-21-26(29-23-43-35(36-29)42-22-24-11-6-5-7-12-24)15-16-30(27)39-19-8-20-40-31-17-13-25-14-18-32(34(37)38)41-33(25)28(31)10-4-2/h5-7,11-13,15-17,21,23,32H,3-4,8-10,14,18-20,22H2,1-2H3,(H,37,38). The van der Waals surface area contributed by atoms with Crippen molar-refractivity contribution in [2.45, 2.75) is 75.0 Å². The zero-order valence-electron chi connectivity index (χ0n) is 24.8. The highest BCUT2D eigenvalue weighted by Gasteiger charge is 2.28. The molecule has 1 atom stereocenters. The monoisotopic (exact) mass is 617 g/mol. The summed E-state index contributed by atoms with van der Waals surface area (Å²) in [4.78, 5) is 16.4. The number of fused-ring (bicyclic) bond motifs is 1. The van der Waals surface area contributed by atoms with E-state index in [0.717, 1.165) is 76.1 Å². The van der Waals surface area contributed by atoms with Gasteiger partial charge in [-0.1, -0.05) is 74.8 Å². The molecule has 0 amide bonds. The molecule has 1 aliphatic rings. The highest BCUT2D eigenvalue weighted by atomic mass is 32.2. The smallest absolute Gasteiger partial charge is 0.344 e. The third-order valence-corrected chi connectivity index (χ3v) is 9.47. The van der Waals surface area contributed by atoms with E-state index in [-0.39, 0.29) is 0 Å². The molecule has 0 spiro atoms. The fourth-order valence-corrected chi connectivity index (χ4v) is 7.02. The van der Waals surface area contributed by atoms with Gasteiger partial charge >= 0.3 is 5.97 Å². The molecule has 2 heterocycles. The average Bonchev–Trinajstić information content (AvgIpc) is 3.51. The van der Waals surface area contributed by atoms with Crippen molar-refractivity contribution in [3.8, 4) is 28.5 Å². The fraction of sp³-hybridized carbons (Fsp3) is 0.371. The van der Waals surface area contributed by atoms with Gasteiger partial charge in [0.1, 0.15) is 17.2 Å². The predicted octanol–water partition coefficient (Wildman–Crippen LogP) is 8.63. The number of aryl methyl sites for hydroxylation is 2. The zero-order valence-corrected chi connectivity index (χ0v) is 26.5. The molecule has 0 bridgehead atoms. The highest BCUT2D eigenvalue weighted by molar-refractivity contribution is 8.00. The van der Waals surface area contributed by atoms with Crippen molar-refractivity contribution >= 4 is 29.1 Å². The number of aromatic nitrogens is 1. The van der Waals surface area contributed by atoms with Crippen LogP contribution in [0.25, 0.3) is 11.3 Å². The van der Waals surface area contributed by atoms with Gasteiger partial charge in [0.15, 0.2) is 10.4 Å². The number of carboxylic acid groups (broad SMARTS) is 1.